The summed E-state index contributed by atoms with van der Waals surface area (Å²) in [6, 6.07) is 19.4. The molecule has 4 aromatic rings. The predicted molar refractivity (Wildman–Crippen MR) is 149 cm³/mol. The number of hydrogen-bond acceptors (Lipinski definition) is 9. The molecule has 0 spiro atoms. The molecule has 2 aromatic heterocycles. The Kier molecular flexibility index (Phi) is 8.16. The Bertz CT molecular complexity index is 1550. The number of rotatable bonds is 9. The van der Waals surface area contributed by atoms with E-state index in [4.69, 9.17) is 26.1 Å². The number of hydrogen-bond donors (Lipinski definition) is 2. The molecule has 39 heavy (non-hydrogen) atoms. The highest BCUT2D eigenvalue weighted by Crippen LogP contribution is 2.40. The van der Waals surface area contributed by atoms with Gasteiger partial charge in [0.25, 0.3) is 0 Å². The number of aromatic nitrogens is 2. The number of oxazole rings is 1. The molecule has 1 fully saturated rings. The van der Waals surface area contributed by atoms with E-state index >= 15 is 0 Å². The van der Waals surface area contributed by atoms with E-state index in [1.807, 2.05) is 41.3 Å². The number of aliphatic hydroxyl groups excluding tert-OH is 2. The molecule has 2 N–H and O–H groups in total. The molecule has 2 aromatic carbocycles. The van der Waals surface area contributed by atoms with E-state index in [1.165, 1.54) is 11.8 Å². The number of aryl methyl sites for hydroxylation is 1. The summed E-state index contributed by atoms with van der Waals surface area (Å²) < 4.78 is 5.66. The van der Waals surface area contributed by atoms with Gasteiger partial charge in [-0.15, -0.1) is 0 Å². The van der Waals surface area contributed by atoms with Crippen molar-refractivity contribution in [2.24, 2.45) is 0 Å². The van der Waals surface area contributed by atoms with Crippen LogP contribution >= 0.6 is 23.4 Å². The highest BCUT2D eigenvalue weighted by molar-refractivity contribution is 7.98. The molecule has 196 valence electrons. The third-order valence-corrected chi connectivity index (χ3v) is 7.66. The highest BCUT2D eigenvalue weighted by atomic mass is 35.5. The Morgan fingerprint density at radius 1 is 1.00 bits per heavy atom. The Hall–Kier alpha value is -3.86. The lowest BCUT2D eigenvalue weighted by molar-refractivity contribution is 0.141. The average Bonchev–Trinajstić information content (AvgIpc) is 3.42. The molecule has 8 nitrogen and oxygen atoms in total. The van der Waals surface area contributed by atoms with Crippen molar-refractivity contribution in [1.29, 1.82) is 10.5 Å². The molecule has 5 rings (SSSR count). The van der Waals surface area contributed by atoms with Crippen LogP contribution in [0, 0.1) is 22.7 Å². The summed E-state index contributed by atoms with van der Waals surface area (Å²) in [6.07, 6.45) is 2.48. The van der Waals surface area contributed by atoms with E-state index in [9.17, 15) is 15.6 Å². The molecular formula is C29H24ClN5O3S. The molecule has 10 heteroatoms. The largest absolute Gasteiger partial charge is 0.444 e. The zero-order chi connectivity index (χ0) is 27.4. The lowest BCUT2D eigenvalue weighted by Gasteiger charge is -2.37. The summed E-state index contributed by atoms with van der Waals surface area (Å²) in [6.45, 7) is 0.845. The van der Waals surface area contributed by atoms with Gasteiger partial charge in [-0.25, -0.2) is 9.97 Å². The zero-order valence-electron chi connectivity index (χ0n) is 20.8. The predicted octanol–water partition coefficient (Wildman–Crippen LogP) is 5.20. The first-order chi connectivity index (χ1) is 19.0. The second-order valence-electron chi connectivity index (χ2n) is 9.11. The van der Waals surface area contributed by atoms with Crippen LogP contribution in [0.2, 0.25) is 5.02 Å². The van der Waals surface area contributed by atoms with Crippen LogP contribution in [0.15, 0.2) is 64.2 Å². The minimum Gasteiger partial charge on any atom is -0.444 e. The summed E-state index contributed by atoms with van der Waals surface area (Å²) in [5, 5.41) is 40.5. The maximum absolute atomic E-state index is 10.2. The molecule has 0 amide bonds. The van der Waals surface area contributed by atoms with E-state index in [1.54, 1.807) is 18.4 Å². The first kappa shape index (κ1) is 26.7. The van der Waals surface area contributed by atoms with Crippen molar-refractivity contribution in [3.63, 3.8) is 0 Å². The van der Waals surface area contributed by atoms with E-state index in [2.05, 4.69) is 17.1 Å². The van der Waals surface area contributed by atoms with E-state index in [0.29, 0.717) is 69.4 Å². The fraction of sp³-hybridized carbons (Fsp3) is 0.241. The van der Waals surface area contributed by atoms with Gasteiger partial charge < -0.3 is 19.5 Å². The van der Waals surface area contributed by atoms with Crippen molar-refractivity contribution in [1.82, 2.24) is 9.97 Å². The lowest BCUT2D eigenvalue weighted by Crippen LogP contribution is -2.51. The Balaban J connectivity index is 1.50. The number of β-amino-alcohol motifs (C(OH)–C–C–N with tert-alkyl or cyclic N) is 1. The number of anilines is 1. The van der Waals surface area contributed by atoms with Gasteiger partial charge in [0, 0.05) is 41.6 Å². The molecule has 0 aliphatic carbocycles. The lowest BCUT2D eigenvalue weighted by atomic mass is 9.94. The summed E-state index contributed by atoms with van der Waals surface area (Å²) in [4.78, 5) is 11.2. The number of halogens is 1. The zero-order valence-corrected chi connectivity index (χ0v) is 22.4. The van der Waals surface area contributed by atoms with Crippen molar-refractivity contribution in [3.05, 3.63) is 82.2 Å². The van der Waals surface area contributed by atoms with Crippen LogP contribution < -0.4 is 4.90 Å². The quantitative estimate of drug-likeness (QED) is 0.267. The van der Waals surface area contributed by atoms with Crippen molar-refractivity contribution >= 4 is 29.2 Å². The summed E-state index contributed by atoms with van der Waals surface area (Å²) in [5.41, 5.74) is 4.40. The summed E-state index contributed by atoms with van der Waals surface area (Å²) in [5.74, 6) is 1.31. The van der Waals surface area contributed by atoms with Crippen LogP contribution in [-0.2, 0) is 12.2 Å². The number of pyridine rings is 1. The van der Waals surface area contributed by atoms with Crippen LogP contribution in [-0.4, -0.2) is 46.0 Å². The van der Waals surface area contributed by atoms with Crippen molar-refractivity contribution in [3.8, 4) is 34.7 Å². The molecule has 0 radical (unpaired) electrons. The van der Waals surface area contributed by atoms with Gasteiger partial charge >= 0.3 is 0 Å². The monoisotopic (exact) mass is 557 g/mol. The summed E-state index contributed by atoms with van der Waals surface area (Å²) in [7, 11) is 0. The number of benzene rings is 2. The first-order valence-electron chi connectivity index (χ1n) is 12.3. The summed E-state index contributed by atoms with van der Waals surface area (Å²) >= 11 is 7.32. The van der Waals surface area contributed by atoms with E-state index in [0.717, 1.165) is 23.1 Å². The molecule has 3 heterocycles. The average molecular weight is 558 g/mol. The number of nitriles is 2. The number of thioether (sulfide) groups is 1. The van der Waals surface area contributed by atoms with Gasteiger partial charge in [-0.2, -0.15) is 10.5 Å². The van der Waals surface area contributed by atoms with E-state index in [-0.39, 0.29) is 6.61 Å². The van der Waals surface area contributed by atoms with Gasteiger partial charge in [-0.05, 0) is 48.2 Å². The van der Waals surface area contributed by atoms with Crippen LogP contribution in [0.4, 0.5) is 5.82 Å². The molecular weight excluding hydrogens is 534 g/mol. The second-order valence-corrected chi connectivity index (χ2v) is 10.5. The smallest absolute Gasteiger partial charge is 0.226 e. The van der Waals surface area contributed by atoms with Crippen LogP contribution in [0.3, 0.4) is 0 Å². The molecule has 0 atom stereocenters. The first-order valence-corrected chi connectivity index (χ1v) is 13.7. The fourth-order valence-electron chi connectivity index (χ4n) is 4.37. The Morgan fingerprint density at radius 2 is 1.69 bits per heavy atom. The van der Waals surface area contributed by atoms with Gasteiger partial charge in [0.2, 0.25) is 5.89 Å². The highest BCUT2D eigenvalue weighted by Gasteiger charge is 2.31. The van der Waals surface area contributed by atoms with E-state index < -0.39 is 6.10 Å². The van der Waals surface area contributed by atoms with Gasteiger partial charge in [0.1, 0.15) is 34.8 Å². The molecule has 0 saturated carbocycles. The van der Waals surface area contributed by atoms with Crippen molar-refractivity contribution in [2.75, 3.05) is 24.6 Å². The van der Waals surface area contributed by atoms with Crippen LogP contribution in [0.5, 0.6) is 0 Å². The standard InChI is InChI=1S/C29H24ClN5O3S/c30-21-9-7-20(8-10-21)28-33-22(16-38-28)17-39-29-25(13-32)26(19-5-3-18(4-6-19)2-1-11-36)24(12-31)27(34-29)35-14-23(37)15-35/h3-10,16,23,36-37H,1-2,11,14-15,17H2. The molecule has 1 aliphatic rings. The van der Waals surface area contributed by atoms with Gasteiger partial charge in [-0.1, -0.05) is 47.6 Å². The maximum Gasteiger partial charge on any atom is 0.226 e. The Morgan fingerprint density at radius 3 is 2.33 bits per heavy atom. The molecule has 0 unspecified atom stereocenters. The fourth-order valence-corrected chi connectivity index (χ4v) is 5.36. The van der Waals surface area contributed by atoms with Gasteiger partial charge in [0.05, 0.1) is 17.4 Å². The third-order valence-electron chi connectivity index (χ3n) is 6.40. The van der Waals surface area contributed by atoms with Crippen LogP contribution in [0.1, 0.15) is 28.8 Å². The van der Waals surface area contributed by atoms with Crippen molar-refractivity contribution in [2.45, 2.75) is 29.7 Å². The Labute approximate surface area is 235 Å². The molecule has 1 saturated heterocycles. The minimum atomic E-state index is -0.485. The number of aliphatic hydroxyl groups is 2. The topological polar surface area (TPSA) is 130 Å². The normalized spacial score (nSPS) is 13.1. The molecule has 0 bridgehead atoms. The third kappa shape index (κ3) is 5.78. The van der Waals surface area contributed by atoms with Crippen LogP contribution in [0.25, 0.3) is 22.6 Å². The second kappa shape index (κ2) is 11.9. The van der Waals surface area contributed by atoms with Gasteiger partial charge in [-0.3, -0.25) is 0 Å². The number of nitrogens with zero attached hydrogens (tertiary/aromatic N) is 5. The molecule has 1 aliphatic heterocycles. The minimum absolute atomic E-state index is 0.113. The van der Waals surface area contributed by atoms with Crippen molar-refractivity contribution < 1.29 is 14.6 Å². The maximum atomic E-state index is 10.2. The SMILES string of the molecule is N#Cc1c(SCc2coc(-c3ccc(Cl)cc3)n2)nc(N2CC(O)C2)c(C#N)c1-c1ccc(CCCO)cc1. The van der Waals surface area contributed by atoms with Gasteiger partial charge in [0.15, 0.2) is 0 Å².